The van der Waals surface area contributed by atoms with Crippen LogP contribution in [0, 0.1) is 5.92 Å². The molecule has 0 radical (unpaired) electrons. The summed E-state index contributed by atoms with van der Waals surface area (Å²) in [5, 5.41) is 0. The molecule has 0 aromatic carbocycles. The van der Waals surface area contributed by atoms with Gasteiger partial charge >= 0.3 is 0 Å². The maximum atomic E-state index is 6.83. The van der Waals surface area contributed by atoms with Crippen LogP contribution in [0.2, 0.25) is 0 Å². The predicted molar refractivity (Wildman–Crippen MR) is 79.1 cm³/mol. The number of aromatic nitrogens is 1. The molecule has 2 heteroatoms. The molecule has 2 nitrogen and oxygen atoms in total. The lowest BCUT2D eigenvalue weighted by atomic mass is 9.65. The molecule has 1 unspecified atom stereocenters. The molecule has 1 atom stereocenters. The Labute approximate surface area is 116 Å². The third-order valence-electron chi connectivity index (χ3n) is 5.50. The Morgan fingerprint density at radius 1 is 1.32 bits per heavy atom. The largest absolute Gasteiger partial charge is 0.324 e. The lowest BCUT2D eigenvalue weighted by molar-refractivity contribution is 0.183. The Morgan fingerprint density at radius 2 is 2.11 bits per heavy atom. The number of nitrogens with zero attached hydrogens (tertiary/aromatic N) is 1. The molecule has 19 heavy (non-hydrogen) atoms. The van der Waals surface area contributed by atoms with Gasteiger partial charge in [-0.25, -0.2) is 0 Å². The standard InChI is InChI=1S/C17H26N2/c1-2-13-8-10-17(18,11-9-13)15-7-3-5-14-6-4-12-19-16(14)15/h4,6,12-13,15H,2-3,5,7-11,18H2,1H3. The molecular weight excluding hydrogens is 232 g/mol. The van der Waals surface area contributed by atoms with Crippen molar-refractivity contribution in [3.8, 4) is 0 Å². The highest BCUT2D eigenvalue weighted by molar-refractivity contribution is 5.29. The van der Waals surface area contributed by atoms with Gasteiger partial charge in [0.2, 0.25) is 0 Å². The normalized spacial score (nSPS) is 34.8. The molecule has 1 saturated carbocycles. The van der Waals surface area contributed by atoms with E-state index < -0.39 is 0 Å². The molecule has 0 saturated heterocycles. The molecule has 0 aliphatic heterocycles. The van der Waals surface area contributed by atoms with Gasteiger partial charge in [0.1, 0.15) is 0 Å². The molecule has 1 fully saturated rings. The third-order valence-corrected chi connectivity index (χ3v) is 5.50. The first-order valence-corrected chi connectivity index (χ1v) is 7.95. The lowest BCUT2D eigenvalue weighted by Gasteiger charge is -2.44. The molecule has 1 heterocycles. The van der Waals surface area contributed by atoms with E-state index in [9.17, 15) is 0 Å². The zero-order valence-electron chi connectivity index (χ0n) is 12.1. The Bertz CT molecular complexity index is 433. The minimum absolute atomic E-state index is 0.00912. The van der Waals surface area contributed by atoms with Gasteiger partial charge in [-0.05, 0) is 62.5 Å². The fourth-order valence-electron chi connectivity index (χ4n) is 4.14. The zero-order valence-corrected chi connectivity index (χ0v) is 12.1. The zero-order chi connectivity index (χ0) is 13.3. The lowest BCUT2D eigenvalue weighted by Crippen LogP contribution is -2.49. The third kappa shape index (κ3) is 2.43. The van der Waals surface area contributed by atoms with Gasteiger partial charge in [-0.1, -0.05) is 19.4 Å². The summed E-state index contributed by atoms with van der Waals surface area (Å²) in [4.78, 5) is 4.68. The number of fused-ring (bicyclic) bond motifs is 1. The minimum Gasteiger partial charge on any atom is -0.324 e. The van der Waals surface area contributed by atoms with Crippen LogP contribution < -0.4 is 5.73 Å². The van der Waals surface area contributed by atoms with E-state index in [1.807, 2.05) is 6.20 Å². The smallest absolute Gasteiger partial charge is 0.0484 e. The van der Waals surface area contributed by atoms with Crippen LogP contribution in [0.4, 0.5) is 0 Å². The average Bonchev–Trinajstić information content (AvgIpc) is 2.47. The van der Waals surface area contributed by atoms with E-state index in [-0.39, 0.29) is 5.54 Å². The molecule has 3 rings (SSSR count). The van der Waals surface area contributed by atoms with Crippen molar-refractivity contribution in [1.82, 2.24) is 4.98 Å². The number of aryl methyl sites for hydroxylation is 1. The summed E-state index contributed by atoms with van der Waals surface area (Å²) in [5.41, 5.74) is 9.59. The summed E-state index contributed by atoms with van der Waals surface area (Å²) in [7, 11) is 0. The molecule has 1 aromatic heterocycles. The van der Waals surface area contributed by atoms with Crippen molar-refractivity contribution in [3.05, 3.63) is 29.6 Å². The molecule has 0 spiro atoms. The molecule has 2 aliphatic rings. The second-order valence-corrected chi connectivity index (χ2v) is 6.58. The first-order valence-electron chi connectivity index (χ1n) is 7.95. The second-order valence-electron chi connectivity index (χ2n) is 6.58. The van der Waals surface area contributed by atoms with Gasteiger partial charge in [-0.15, -0.1) is 0 Å². The fourth-order valence-corrected chi connectivity index (χ4v) is 4.14. The van der Waals surface area contributed by atoms with Crippen LogP contribution in [0.25, 0.3) is 0 Å². The predicted octanol–water partition coefficient (Wildman–Crippen LogP) is 3.80. The summed E-state index contributed by atoms with van der Waals surface area (Å²) < 4.78 is 0. The molecule has 0 bridgehead atoms. The van der Waals surface area contributed by atoms with Crippen LogP contribution in [0.3, 0.4) is 0 Å². The summed E-state index contributed by atoms with van der Waals surface area (Å²) >= 11 is 0. The van der Waals surface area contributed by atoms with Gasteiger partial charge in [0.15, 0.2) is 0 Å². The summed E-state index contributed by atoms with van der Waals surface area (Å²) in [6.45, 7) is 2.31. The monoisotopic (exact) mass is 258 g/mol. The van der Waals surface area contributed by atoms with Crippen molar-refractivity contribution in [1.29, 1.82) is 0 Å². The van der Waals surface area contributed by atoms with Gasteiger partial charge in [-0.3, -0.25) is 4.98 Å². The average molecular weight is 258 g/mol. The van der Waals surface area contributed by atoms with E-state index in [1.54, 1.807) is 0 Å². The van der Waals surface area contributed by atoms with Crippen LogP contribution in [-0.4, -0.2) is 10.5 Å². The number of rotatable bonds is 2. The van der Waals surface area contributed by atoms with Crippen molar-refractivity contribution in [2.24, 2.45) is 11.7 Å². The van der Waals surface area contributed by atoms with Crippen molar-refractivity contribution >= 4 is 0 Å². The first-order chi connectivity index (χ1) is 9.23. The molecule has 1 aromatic rings. The summed E-state index contributed by atoms with van der Waals surface area (Å²) in [5.74, 6) is 1.40. The van der Waals surface area contributed by atoms with Crippen LogP contribution >= 0.6 is 0 Å². The van der Waals surface area contributed by atoms with E-state index in [0.717, 1.165) is 5.92 Å². The van der Waals surface area contributed by atoms with Gasteiger partial charge in [0.05, 0.1) is 0 Å². The van der Waals surface area contributed by atoms with Crippen LogP contribution in [0.1, 0.15) is 69.0 Å². The Balaban J connectivity index is 1.83. The maximum Gasteiger partial charge on any atom is 0.0484 e. The van der Waals surface area contributed by atoms with Gasteiger partial charge in [0, 0.05) is 23.3 Å². The van der Waals surface area contributed by atoms with Crippen molar-refractivity contribution in [3.63, 3.8) is 0 Å². The van der Waals surface area contributed by atoms with Crippen molar-refractivity contribution in [2.45, 2.75) is 69.7 Å². The van der Waals surface area contributed by atoms with Gasteiger partial charge < -0.3 is 5.73 Å². The SMILES string of the molecule is CCC1CCC(N)(C2CCCc3cccnc32)CC1. The number of hydrogen-bond acceptors (Lipinski definition) is 2. The van der Waals surface area contributed by atoms with Crippen LogP contribution in [0.15, 0.2) is 18.3 Å². The summed E-state index contributed by atoms with van der Waals surface area (Å²) in [6.07, 6.45) is 12.0. The maximum absolute atomic E-state index is 6.83. The summed E-state index contributed by atoms with van der Waals surface area (Å²) in [6, 6.07) is 4.31. The topological polar surface area (TPSA) is 38.9 Å². The van der Waals surface area contributed by atoms with E-state index in [2.05, 4.69) is 24.0 Å². The molecule has 2 N–H and O–H groups in total. The Hall–Kier alpha value is -0.890. The minimum atomic E-state index is 0.00912. The van der Waals surface area contributed by atoms with Crippen molar-refractivity contribution in [2.75, 3.05) is 0 Å². The molecule has 104 valence electrons. The van der Waals surface area contributed by atoms with Crippen LogP contribution in [-0.2, 0) is 6.42 Å². The van der Waals surface area contributed by atoms with Gasteiger partial charge in [0.25, 0.3) is 0 Å². The number of hydrogen-bond donors (Lipinski definition) is 1. The highest BCUT2D eigenvalue weighted by atomic mass is 14.8. The van der Waals surface area contributed by atoms with Crippen LogP contribution in [0.5, 0.6) is 0 Å². The molecular formula is C17H26N2. The Morgan fingerprint density at radius 3 is 2.84 bits per heavy atom. The van der Waals surface area contributed by atoms with E-state index >= 15 is 0 Å². The highest BCUT2D eigenvalue weighted by Gasteiger charge is 2.41. The van der Waals surface area contributed by atoms with E-state index in [1.165, 1.54) is 62.6 Å². The van der Waals surface area contributed by atoms with E-state index in [0.29, 0.717) is 5.92 Å². The highest BCUT2D eigenvalue weighted by Crippen LogP contribution is 2.45. The van der Waals surface area contributed by atoms with Crippen molar-refractivity contribution < 1.29 is 0 Å². The molecule has 2 aliphatic carbocycles. The fraction of sp³-hybridized carbons (Fsp3) is 0.706. The molecule has 0 amide bonds. The van der Waals surface area contributed by atoms with E-state index in [4.69, 9.17) is 5.73 Å². The second kappa shape index (κ2) is 5.24. The first kappa shape index (κ1) is 13.1. The number of nitrogens with two attached hydrogens (primary N) is 1. The number of pyridine rings is 1. The Kier molecular flexibility index (Phi) is 3.62. The van der Waals surface area contributed by atoms with Gasteiger partial charge in [-0.2, -0.15) is 0 Å². The quantitative estimate of drug-likeness (QED) is 0.876.